The number of hydrogen-bond donors (Lipinski definition) is 1. The second kappa shape index (κ2) is 4.70. The van der Waals surface area contributed by atoms with Gasteiger partial charge in [0.1, 0.15) is 5.75 Å². The van der Waals surface area contributed by atoms with E-state index in [0.29, 0.717) is 22.0 Å². The molecule has 0 saturated heterocycles. The topological polar surface area (TPSA) is 64.3 Å². The Hall–Kier alpha value is -2.01. The zero-order valence-corrected chi connectivity index (χ0v) is 10.6. The number of aromatic nitrogens is 2. The van der Waals surface area contributed by atoms with Crippen molar-refractivity contribution in [3.63, 3.8) is 0 Å². The van der Waals surface area contributed by atoms with Gasteiger partial charge >= 0.3 is 5.97 Å². The second-order valence-electron chi connectivity index (χ2n) is 3.71. The van der Waals surface area contributed by atoms with E-state index in [9.17, 15) is 4.79 Å². The molecule has 1 N–H and O–H groups in total. The molecule has 0 atom stereocenters. The van der Waals surface area contributed by atoms with Crippen molar-refractivity contribution in [1.82, 2.24) is 9.55 Å². The molecule has 1 aromatic carbocycles. The van der Waals surface area contributed by atoms with E-state index in [-0.39, 0.29) is 5.69 Å². The van der Waals surface area contributed by atoms with Crippen LogP contribution in [0.2, 0.25) is 5.02 Å². The van der Waals surface area contributed by atoms with E-state index in [2.05, 4.69) is 4.98 Å². The highest BCUT2D eigenvalue weighted by Gasteiger charge is 2.18. The molecule has 0 spiro atoms. The van der Waals surface area contributed by atoms with Gasteiger partial charge in [-0.1, -0.05) is 11.6 Å². The summed E-state index contributed by atoms with van der Waals surface area (Å²) in [6, 6.07) is 5.09. The van der Waals surface area contributed by atoms with Crippen LogP contribution in [0.3, 0.4) is 0 Å². The lowest BCUT2D eigenvalue weighted by Crippen LogP contribution is -2.01. The summed E-state index contributed by atoms with van der Waals surface area (Å²) in [4.78, 5) is 14.9. The van der Waals surface area contributed by atoms with E-state index in [1.165, 1.54) is 13.4 Å². The Bertz CT molecular complexity index is 607. The van der Waals surface area contributed by atoms with Crippen LogP contribution in [0.4, 0.5) is 0 Å². The smallest absolute Gasteiger partial charge is 0.356 e. The number of carbonyl (C=O) groups is 1. The number of rotatable bonds is 3. The van der Waals surface area contributed by atoms with E-state index >= 15 is 0 Å². The fraction of sp³-hybridized carbons (Fsp3) is 0.167. The van der Waals surface area contributed by atoms with Crippen LogP contribution in [-0.4, -0.2) is 27.7 Å². The standard InChI is InChI=1S/C12H11ClN2O3/c1-15-6-14-10(12(16)17)11(15)7-3-4-9(18-2)8(13)5-7/h3-6H,1-2H3,(H,16,17). The molecule has 0 unspecified atom stereocenters. The minimum absolute atomic E-state index is 0.00117. The van der Waals surface area contributed by atoms with Gasteiger partial charge in [0.15, 0.2) is 5.69 Å². The highest BCUT2D eigenvalue weighted by Crippen LogP contribution is 2.31. The maximum atomic E-state index is 11.1. The van der Waals surface area contributed by atoms with Gasteiger partial charge in [-0.05, 0) is 18.2 Å². The number of methoxy groups -OCH3 is 1. The summed E-state index contributed by atoms with van der Waals surface area (Å²) in [5.41, 5.74) is 1.18. The summed E-state index contributed by atoms with van der Waals surface area (Å²) in [6.07, 6.45) is 1.46. The fourth-order valence-electron chi connectivity index (χ4n) is 1.74. The van der Waals surface area contributed by atoms with Crippen LogP contribution in [0, 0.1) is 0 Å². The van der Waals surface area contributed by atoms with Gasteiger partial charge in [0, 0.05) is 12.6 Å². The van der Waals surface area contributed by atoms with E-state index in [1.54, 1.807) is 29.8 Å². The number of carboxylic acid groups (broad SMARTS) is 1. The third kappa shape index (κ3) is 2.04. The number of halogens is 1. The number of aromatic carboxylic acids is 1. The van der Waals surface area contributed by atoms with Crippen LogP contribution < -0.4 is 4.74 Å². The Morgan fingerprint density at radius 1 is 1.50 bits per heavy atom. The molecule has 6 heteroatoms. The number of ether oxygens (including phenoxy) is 1. The summed E-state index contributed by atoms with van der Waals surface area (Å²) in [6.45, 7) is 0. The van der Waals surface area contributed by atoms with Crippen LogP contribution in [0.1, 0.15) is 10.5 Å². The zero-order valence-electron chi connectivity index (χ0n) is 9.85. The third-order valence-corrected chi connectivity index (χ3v) is 2.86. The van der Waals surface area contributed by atoms with Crippen molar-refractivity contribution in [3.05, 3.63) is 35.2 Å². The zero-order chi connectivity index (χ0) is 13.3. The van der Waals surface area contributed by atoms with Crippen LogP contribution >= 0.6 is 11.6 Å². The molecule has 2 rings (SSSR count). The SMILES string of the molecule is COc1ccc(-c2c(C(=O)O)ncn2C)cc1Cl. The van der Waals surface area contributed by atoms with Gasteiger partial charge in [-0.15, -0.1) is 0 Å². The first-order valence-electron chi connectivity index (χ1n) is 5.13. The van der Waals surface area contributed by atoms with Gasteiger partial charge in [0.2, 0.25) is 0 Å². The molecule has 1 aromatic heterocycles. The molecule has 0 aliphatic heterocycles. The lowest BCUT2D eigenvalue weighted by Gasteiger charge is -2.07. The number of aryl methyl sites for hydroxylation is 1. The monoisotopic (exact) mass is 266 g/mol. The molecule has 0 aliphatic carbocycles. The lowest BCUT2D eigenvalue weighted by molar-refractivity contribution is 0.0692. The van der Waals surface area contributed by atoms with Crippen molar-refractivity contribution < 1.29 is 14.6 Å². The van der Waals surface area contributed by atoms with Crippen molar-refractivity contribution in [1.29, 1.82) is 0 Å². The quantitative estimate of drug-likeness (QED) is 0.927. The van der Waals surface area contributed by atoms with Crippen LogP contribution in [0.5, 0.6) is 5.75 Å². The molecule has 0 radical (unpaired) electrons. The molecule has 18 heavy (non-hydrogen) atoms. The maximum absolute atomic E-state index is 11.1. The van der Waals surface area contributed by atoms with Crippen molar-refractivity contribution in [2.24, 2.45) is 7.05 Å². The summed E-state index contributed by atoms with van der Waals surface area (Å²) >= 11 is 6.03. The Kier molecular flexibility index (Phi) is 3.25. The van der Waals surface area contributed by atoms with Crippen molar-refractivity contribution >= 4 is 17.6 Å². The van der Waals surface area contributed by atoms with Crippen molar-refractivity contribution in [2.75, 3.05) is 7.11 Å². The number of hydrogen-bond acceptors (Lipinski definition) is 3. The summed E-state index contributed by atoms with van der Waals surface area (Å²) < 4.78 is 6.70. The van der Waals surface area contributed by atoms with Crippen LogP contribution in [0.15, 0.2) is 24.5 Å². The molecule has 0 aliphatic rings. The predicted molar refractivity (Wildman–Crippen MR) is 67.2 cm³/mol. The molecule has 0 saturated carbocycles. The number of benzene rings is 1. The number of imidazole rings is 1. The summed E-state index contributed by atoms with van der Waals surface area (Å²) in [7, 11) is 3.25. The molecule has 2 aromatic rings. The average molecular weight is 267 g/mol. The summed E-state index contributed by atoms with van der Waals surface area (Å²) in [5.74, 6) is -0.531. The minimum atomic E-state index is -1.07. The fourth-order valence-corrected chi connectivity index (χ4v) is 2.00. The highest BCUT2D eigenvalue weighted by atomic mass is 35.5. The van der Waals surface area contributed by atoms with E-state index < -0.39 is 5.97 Å². The first kappa shape index (κ1) is 12.4. The maximum Gasteiger partial charge on any atom is 0.356 e. The van der Waals surface area contributed by atoms with E-state index in [1.807, 2.05) is 0 Å². The normalized spacial score (nSPS) is 10.4. The predicted octanol–water partition coefficient (Wildman–Crippen LogP) is 2.45. The van der Waals surface area contributed by atoms with Crippen molar-refractivity contribution in [3.8, 4) is 17.0 Å². The Morgan fingerprint density at radius 3 is 2.78 bits per heavy atom. The Balaban J connectivity index is 2.58. The molecular formula is C12H11ClN2O3. The molecule has 1 heterocycles. The second-order valence-corrected chi connectivity index (χ2v) is 4.11. The molecule has 0 bridgehead atoms. The molecule has 5 nitrogen and oxygen atoms in total. The third-order valence-electron chi connectivity index (χ3n) is 2.56. The van der Waals surface area contributed by atoms with Gasteiger partial charge in [-0.3, -0.25) is 0 Å². The van der Waals surface area contributed by atoms with Gasteiger partial charge in [-0.2, -0.15) is 0 Å². The van der Waals surface area contributed by atoms with Gasteiger partial charge in [-0.25, -0.2) is 9.78 Å². The lowest BCUT2D eigenvalue weighted by atomic mass is 10.1. The Labute approximate surface area is 109 Å². The van der Waals surface area contributed by atoms with Gasteiger partial charge in [0.25, 0.3) is 0 Å². The minimum Gasteiger partial charge on any atom is -0.495 e. The van der Waals surface area contributed by atoms with Crippen LogP contribution in [0.25, 0.3) is 11.3 Å². The van der Waals surface area contributed by atoms with Crippen LogP contribution in [-0.2, 0) is 7.05 Å². The van der Waals surface area contributed by atoms with Gasteiger partial charge in [0.05, 0.1) is 24.2 Å². The first-order valence-corrected chi connectivity index (χ1v) is 5.51. The van der Waals surface area contributed by atoms with Crippen molar-refractivity contribution in [2.45, 2.75) is 0 Å². The number of carboxylic acids is 1. The molecule has 94 valence electrons. The molecular weight excluding hydrogens is 256 g/mol. The largest absolute Gasteiger partial charge is 0.495 e. The molecule has 0 fully saturated rings. The average Bonchev–Trinajstić information content (AvgIpc) is 2.71. The van der Waals surface area contributed by atoms with E-state index in [4.69, 9.17) is 21.4 Å². The number of nitrogens with zero attached hydrogens (tertiary/aromatic N) is 2. The molecule has 0 amide bonds. The highest BCUT2D eigenvalue weighted by molar-refractivity contribution is 6.32. The Morgan fingerprint density at radius 2 is 2.22 bits per heavy atom. The van der Waals surface area contributed by atoms with Gasteiger partial charge < -0.3 is 14.4 Å². The summed E-state index contributed by atoms with van der Waals surface area (Å²) in [5, 5.41) is 9.50. The first-order chi connectivity index (χ1) is 8.54. The van der Waals surface area contributed by atoms with E-state index in [0.717, 1.165) is 0 Å².